The van der Waals surface area contributed by atoms with E-state index in [0.29, 0.717) is 30.4 Å². The third kappa shape index (κ3) is 9.33. The third-order valence-electron chi connectivity index (χ3n) is 6.88. The molecule has 1 heterocycles. The predicted octanol–water partition coefficient (Wildman–Crippen LogP) is 8.58. The maximum atomic E-state index is 14.8. The van der Waals surface area contributed by atoms with Gasteiger partial charge in [-0.25, -0.2) is 9.18 Å². The van der Waals surface area contributed by atoms with E-state index in [1.807, 2.05) is 12.1 Å². The number of hydrogen-bond donors (Lipinski definition) is 0. The SMILES string of the molecule is CCCCCCCc1ccc(OC(=O)c2ccc(C3OCC(CCCCCCC)CO3)c(F)c2)cc1. The van der Waals surface area contributed by atoms with Gasteiger partial charge in [0.2, 0.25) is 0 Å². The number of rotatable bonds is 15. The van der Waals surface area contributed by atoms with E-state index in [1.54, 1.807) is 24.3 Å². The second kappa shape index (κ2) is 15.8. The number of hydrogen-bond acceptors (Lipinski definition) is 4. The molecule has 3 rings (SSSR count). The molecule has 1 saturated heterocycles. The Labute approximate surface area is 216 Å². The molecule has 1 aliphatic rings. The van der Waals surface area contributed by atoms with Gasteiger partial charge in [0.25, 0.3) is 0 Å². The molecule has 2 aromatic rings. The molecule has 1 aliphatic heterocycles. The largest absolute Gasteiger partial charge is 0.423 e. The van der Waals surface area contributed by atoms with Crippen LogP contribution < -0.4 is 4.74 Å². The molecule has 0 atom stereocenters. The van der Waals surface area contributed by atoms with Crippen molar-refractivity contribution in [3.05, 3.63) is 65.0 Å². The Morgan fingerprint density at radius 2 is 1.50 bits per heavy atom. The molecule has 0 amide bonds. The van der Waals surface area contributed by atoms with Gasteiger partial charge in [-0.3, -0.25) is 0 Å². The van der Waals surface area contributed by atoms with Gasteiger partial charge in [0.15, 0.2) is 6.29 Å². The van der Waals surface area contributed by atoms with Crippen LogP contribution in [0.25, 0.3) is 0 Å². The quantitative estimate of drug-likeness (QED) is 0.140. The number of carbonyl (C=O) groups is 1. The summed E-state index contributed by atoms with van der Waals surface area (Å²) in [5.74, 6) is -0.293. The van der Waals surface area contributed by atoms with E-state index in [2.05, 4.69) is 13.8 Å². The summed E-state index contributed by atoms with van der Waals surface area (Å²) in [6.07, 6.45) is 13.8. The maximum Gasteiger partial charge on any atom is 0.343 e. The first kappa shape index (κ1) is 28.3. The van der Waals surface area contributed by atoms with Crippen LogP contribution in [0.2, 0.25) is 0 Å². The molecule has 0 saturated carbocycles. The maximum absolute atomic E-state index is 14.8. The van der Waals surface area contributed by atoms with Gasteiger partial charge in [-0.2, -0.15) is 0 Å². The molecule has 0 N–H and O–H groups in total. The van der Waals surface area contributed by atoms with Crippen LogP contribution in [0.5, 0.6) is 5.75 Å². The van der Waals surface area contributed by atoms with E-state index in [-0.39, 0.29) is 5.56 Å². The lowest BCUT2D eigenvalue weighted by molar-refractivity contribution is -0.207. The molecule has 2 aromatic carbocycles. The van der Waals surface area contributed by atoms with E-state index < -0.39 is 18.1 Å². The zero-order valence-corrected chi connectivity index (χ0v) is 22.1. The highest BCUT2D eigenvalue weighted by atomic mass is 19.1. The average molecular weight is 499 g/mol. The first-order valence-electron chi connectivity index (χ1n) is 13.9. The minimum absolute atomic E-state index is 0.164. The van der Waals surface area contributed by atoms with Crippen molar-refractivity contribution in [1.82, 2.24) is 0 Å². The number of aryl methyl sites for hydroxylation is 1. The first-order chi connectivity index (χ1) is 17.6. The Morgan fingerprint density at radius 1 is 0.861 bits per heavy atom. The van der Waals surface area contributed by atoms with Crippen LogP contribution in [-0.2, 0) is 15.9 Å². The summed E-state index contributed by atoms with van der Waals surface area (Å²) in [7, 11) is 0. The fourth-order valence-corrected chi connectivity index (χ4v) is 4.59. The van der Waals surface area contributed by atoms with Gasteiger partial charge in [0.1, 0.15) is 11.6 Å². The van der Waals surface area contributed by atoms with Crippen LogP contribution in [0.15, 0.2) is 42.5 Å². The summed E-state index contributed by atoms with van der Waals surface area (Å²) in [6.45, 7) is 5.56. The van der Waals surface area contributed by atoms with Crippen molar-refractivity contribution in [3.63, 3.8) is 0 Å². The minimum atomic E-state index is -0.735. The summed E-state index contributed by atoms with van der Waals surface area (Å²) < 4.78 is 31.9. The topological polar surface area (TPSA) is 44.8 Å². The summed E-state index contributed by atoms with van der Waals surface area (Å²) in [4.78, 5) is 12.6. The van der Waals surface area contributed by atoms with Crippen molar-refractivity contribution in [2.75, 3.05) is 13.2 Å². The smallest absolute Gasteiger partial charge is 0.343 e. The number of halogens is 1. The van der Waals surface area contributed by atoms with Crippen LogP contribution in [0.1, 0.15) is 112 Å². The van der Waals surface area contributed by atoms with E-state index in [9.17, 15) is 9.18 Å². The van der Waals surface area contributed by atoms with Gasteiger partial charge >= 0.3 is 5.97 Å². The molecule has 1 fully saturated rings. The average Bonchev–Trinajstić information content (AvgIpc) is 2.90. The highest BCUT2D eigenvalue weighted by Gasteiger charge is 2.26. The molecule has 36 heavy (non-hydrogen) atoms. The Morgan fingerprint density at radius 3 is 2.14 bits per heavy atom. The second-order valence-electron chi connectivity index (χ2n) is 10.0. The van der Waals surface area contributed by atoms with Gasteiger partial charge in [0.05, 0.1) is 18.8 Å². The third-order valence-corrected chi connectivity index (χ3v) is 6.88. The van der Waals surface area contributed by atoms with Crippen molar-refractivity contribution in [3.8, 4) is 5.75 Å². The van der Waals surface area contributed by atoms with Crippen LogP contribution >= 0.6 is 0 Å². The lowest BCUT2D eigenvalue weighted by Crippen LogP contribution is -2.27. The van der Waals surface area contributed by atoms with Crippen molar-refractivity contribution in [2.45, 2.75) is 97.2 Å². The van der Waals surface area contributed by atoms with Crippen molar-refractivity contribution < 1.29 is 23.4 Å². The number of carbonyl (C=O) groups excluding carboxylic acids is 1. The molecule has 198 valence electrons. The van der Waals surface area contributed by atoms with Gasteiger partial charge in [-0.1, -0.05) is 89.8 Å². The fraction of sp³-hybridized carbons (Fsp3) is 0.581. The van der Waals surface area contributed by atoms with Gasteiger partial charge in [-0.15, -0.1) is 0 Å². The van der Waals surface area contributed by atoms with Crippen molar-refractivity contribution >= 4 is 5.97 Å². The highest BCUT2D eigenvalue weighted by molar-refractivity contribution is 5.91. The first-order valence-corrected chi connectivity index (χ1v) is 13.9. The molecule has 4 nitrogen and oxygen atoms in total. The molecule has 0 spiro atoms. The minimum Gasteiger partial charge on any atom is -0.423 e. The Balaban J connectivity index is 1.44. The van der Waals surface area contributed by atoms with Crippen LogP contribution in [0.4, 0.5) is 4.39 Å². The standard InChI is InChI=1S/C31H43FO4/c1-3-5-7-9-11-13-24-15-18-27(19-16-24)36-30(33)26-17-20-28(29(32)21-26)31-34-22-25(23-35-31)14-12-10-8-6-4-2/h15-21,25,31H,3-14,22-23H2,1-2H3. The number of esters is 1. The van der Waals surface area contributed by atoms with Gasteiger partial charge < -0.3 is 14.2 Å². The molecule has 0 bridgehead atoms. The summed E-state index contributed by atoms with van der Waals surface area (Å²) in [6, 6.07) is 11.9. The predicted molar refractivity (Wildman–Crippen MR) is 142 cm³/mol. The second-order valence-corrected chi connectivity index (χ2v) is 10.0. The molecule has 5 heteroatoms. The fourth-order valence-electron chi connectivity index (χ4n) is 4.59. The van der Waals surface area contributed by atoms with Crippen LogP contribution in [0.3, 0.4) is 0 Å². The molecular formula is C31H43FO4. The van der Waals surface area contributed by atoms with Crippen LogP contribution in [-0.4, -0.2) is 19.2 Å². The Bertz CT molecular complexity index is 903. The molecular weight excluding hydrogens is 455 g/mol. The summed E-state index contributed by atoms with van der Waals surface area (Å²) in [5, 5.41) is 0. The lowest BCUT2D eigenvalue weighted by Gasteiger charge is -2.30. The number of benzene rings is 2. The van der Waals surface area contributed by atoms with Gasteiger partial charge in [0, 0.05) is 11.5 Å². The monoisotopic (exact) mass is 498 g/mol. The van der Waals surface area contributed by atoms with Crippen molar-refractivity contribution in [2.24, 2.45) is 5.92 Å². The zero-order chi connectivity index (χ0) is 25.6. The molecule has 0 radical (unpaired) electrons. The normalized spacial score (nSPS) is 17.8. The van der Waals surface area contributed by atoms with E-state index in [4.69, 9.17) is 14.2 Å². The van der Waals surface area contributed by atoms with E-state index >= 15 is 0 Å². The highest BCUT2D eigenvalue weighted by Crippen LogP contribution is 2.29. The van der Waals surface area contributed by atoms with E-state index in [0.717, 1.165) is 12.8 Å². The van der Waals surface area contributed by atoms with Crippen molar-refractivity contribution in [1.29, 1.82) is 0 Å². The molecule has 0 aliphatic carbocycles. The number of ether oxygens (including phenoxy) is 3. The Hall–Kier alpha value is -2.24. The van der Waals surface area contributed by atoms with Gasteiger partial charge in [-0.05, 0) is 49.1 Å². The summed E-state index contributed by atoms with van der Waals surface area (Å²) >= 11 is 0. The van der Waals surface area contributed by atoms with Crippen LogP contribution in [0, 0.1) is 11.7 Å². The summed E-state index contributed by atoms with van der Waals surface area (Å²) in [5.41, 5.74) is 1.71. The zero-order valence-electron chi connectivity index (χ0n) is 22.1. The Kier molecular flexibility index (Phi) is 12.4. The number of unbranched alkanes of at least 4 members (excludes halogenated alkanes) is 8. The molecule has 0 unspecified atom stereocenters. The lowest BCUT2D eigenvalue weighted by atomic mass is 10.0. The van der Waals surface area contributed by atoms with E-state index in [1.165, 1.54) is 75.8 Å². The molecule has 0 aromatic heterocycles.